The molecule has 0 saturated carbocycles. The molecule has 0 aromatic rings. The van der Waals surface area contributed by atoms with Gasteiger partial charge in [0.25, 0.3) is 0 Å². The van der Waals surface area contributed by atoms with E-state index in [0.717, 1.165) is 38.4 Å². The van der Waals surface area contributed by atoms with Gasteiger partial charge in [0.2, 0.25) is 0 Å². The minimum absolute atomic E-state index is 0. The molecule has 2 N–H and O–H groups in total. The first-order valence-electron chi connectivity index (χ1n) is 20.7. The van der Waals surface area contributed by atoms with E-state index in [0.29, 0.717) is 19.6 Å². The third-order valence-electron chi connectivity index (χ3n) is 9.00. The molecule has 0 saturated heterocycles. The quantitative estimate of drug-likeness (QED) is 0.0220. The van der Waals surface area contributed by atoms with Gasteiger partial charge in [-0.25, -0.2) is 4.89 Å². The molecule has 0 amide bonds. The molecule has 52 heavy (non-hydrogen) atoms. The Balaban J connectivity index is -0.000000347. The number of methoxy groups -OCH3 is 2. The molecule has 0 heterocycles. The number of hydrogen-bond donors (Lipinski definition) is 1. The van der Waals surface area contributed by atoms with Crippen LogP contribution in [-0.4, -0.2) is 75.4 Å². The molecule has 0 spiro atoms. The van der Waals surface area contributed by atoms with E-state index >= 15 is 0 Å². The van der Waals surface area contributed by atoms with Crippen LogP contribution in [0.5, 0.6) is 0 Å². The molecule has 1 radical (unpaired) electrons. The van der Waals surface area contributed by atoms with Crippen LogP contribution in [0.15, 0.2) is 0 Å². The van der Waals surface area contributed by atoms with Gasteiger partial charge in [-0.1, -0.05) is 142 Å². The first-order chi connectivity index (χ1) is 24.5. The zero-order chi connectivity index (χ0) is 38.9. The second kappa shape index (κ2) is 45.4. The van der Waals surface area contributed by atoms with Crippen molar-refractivity contribution in [3.8, 4) is 0 Å². The molecule has 0 rings (SSSR count). The Hall–Kier alpha value is 0.00390. The van der Waals surface area contributed by atoms with E-state index in [1.165, 1.54) is 129 Å². The Bertz CT molecular complexity index is 689. The number of carbonyl (C=O) groups excluding carboxylic acids is 2. The fraction of sp³-hybridized carbons (Fsp3) is 0.952. The first-order valence-corrected chi connectivity index (χ1v) is 20.7. The predicted molar refractivity (Wildman–Crippen MR) is 213 cm³/mol. The standard InChI is InChI=1S/C18H36O5.C14H28O.C10H22NO2.Y/c1-3-4-5-6-7-8-9-10-11-12-13-14-18(19)23-17(15-21-2)16-22-20;1-2-3-4-5-6-7-8-9-10-11-12-13-14-15;1-9(2,12-5)6-7-13-10(3,4)8-11;/h17,20H,3-16H2,1-2H3;14H,2-13H2,1H3;11H,6-8H2,1-5H3;/q;;-1;. The average molecular weight is 822 g/mol. The molecule has 0 aliphatic carbocycles. The van der Waals surface area contributed by atoms with Crippen molar-refractivity contribution in [3.05, 3.63) is 5.73 Å². The van der Waals surface area contributed by atoms with Crippen molar-refractivity contribution in [1.82, 2.24) is 0 Å². The summed E-state index contributed by atoms with van der Waals surface area (Å²) in [7, 11) is 3.22. The maximum atomic E-state index is 11.6. The summed E-state index contributed by atoms with van der Waals surface area (Å²) in [5.74, 6) is -0.250. The summed E-state index contributed by atoms with van der Waals surface area (Å²) in [5, 5.41) is 8.41. The molecule has 10 heteroatoms. The monoisotopic (exact) mass is 822 g/mol. The van der Waals surface area contributed by atoms with Crippen LogP contribution in [0, 0.1) is 0 Å². The number of nitrogens with one attached hydrogen (secondary N) is 1. The summed E-state index contributed by atoms with van der Waals surface area (Å²) < 4.78 is 20.9. The Morgan fingerprint density at radius 1 is 0.673 bits per heavy atom. The molecule has 9 nitrogen and oxygen atoms in total. The van der Waals surface area contributed by atoms with Crippen LogP contribution >= 0.6 is 0 Å². The number of hydrogen-bond acceptors (Lipinski definition) is 8. The van der Waals surface area contributed by atoms with Gasteiger partial charge in [-0.2, -0.15) is 0 Å². The van der Waals surface area contributed by atoms with Crippen molar-refractivity contribution >= 4 is 12.3 Å². The van der Waals surface area contributed by atoms with Crippen LogP contribution in [0.4, 0.5) is 0 Å². The van der Waals surface area contributed by atoms with Gasteiger partial charge in [0.15, 0.2) is 6.10 Å². The van der Waals surface area contributed by atoms with Crippen LogP contribution in [-0.2, 0) is 66.1 Å². The van der Waals surface area contributed by atoms with Gasteiger partial charge in [-0.05, 0) is 47.0 Å². The summed E-state index contributed by atoms with van der Waals surface area (Å²) in [6.45, 7) is 13.5. The van der Waals surface area contributed by atoms with E-state index in [1.54, 1.807) is 7.11 Å². The van der Waals surface area contributed by atoms with Gasteiger partial charge in [-0.3, -0.25) is 10.1 Å². The van der Waals surface area contributed by atoms with E-state index in [-0.39, 0.29) is 63.1 Å². The molecule has 0 aliphatic heterocycles. The van der Waals surface area contributed by atoms with Gasteiger partial charge in [0.1, 0.15) is 12.9 Å². The van der Waals surface area contributed by atoms with Gasteiger partial charge in [0.05, 0.1) is 12.2 Å². The minimum atomic E-state index is -0.537. The smallest absolute Gasteiger partial charge is 0.306 e. The van der Waals surface area contributed by atoms with E-state index in [2.05, 4.69) is 18.7 Å². The van der Waals surface area contributed by atoms with Gasteiger partial charge in [-0.15, -0.1) is 6.54 Å². The van der Waals surface area contributed by atoms with Gasteiger partial charge < -0.3 is 29.5 Å². The molecule has 0 aromatic heterocycles. The summed E-state index contributed by atoms with van der Waals surface area (Å²) in [6, 6.07) is 0. The molecule has 311 valence electrons. The number of rotatable bonds is 35. The average Bonchev–Trinajstić information content (AvgIpc) is 3.10. The normalized spacial score (nSPS) is 11.8. The van der Waals surface area contributed by atoms with Crippen LogP contribution < -0.4 is 0 Å². The van der Waals surface area contributed by atoms with Crippen molar-refractivity contribution in [2.24, 2.45) is 0 Å². The van der Waals surface area contributed by atoms with Crippen LogP contribution in [0.2, 0.25) is 0 Å². The molecule has 0 aliphatic rings. The summed E-state index contributed by atoms with van der Waals surface area (Å²) in [4.78, 5) is 25.7. The van der Waals surface area contributed by atoms with E-state index in [9.17, 15) is 9.59 Å². The second-order valence-electron chi connectivity index (χ2n) is 15.1. The fourth-order valence-corrected chi connectivity index (χ4v) is 5.18. The van der Waals surface area contributed by atoms with E-state index in [4.69, 9.17) is 29.9 Å². The number of aldehydes is 1. The Labute approximate surface area is 347 Å². The predicted octanol–water partition coefficient (Wildman–Crippen LogP) is 12.3. The zero-order valence-electron chi connectivity index (χ0n) is 35.5. The number of carbonyl (C=O) groups is 2. The van der Waals surface area contributed by atoms with Gasteiger partial charge in [0, 0.05) is 72.0 Å². The summed E-state index contributed by atoms with van der Waals surface area (Å²) >= 11 is 0. The molecule has 0 aromatic carbocycles. The summed E-state index contributed by atoms with van der Waals surface area (Å²) in [6.07, 6.45) is 31.2. The molecule has 0 fully saturated rings. The van der Waals surface area contributed by atoms with Crippen LogP contribution in [0.1, 0.15) is 202 Å². The van der Waals surface area contributed by atoms with Crippen molar-refractivity contribution in [3.63, 3.8) is 0 Å². The number of ether oxygens (including phenoxy) is 4. The largest absolute Gasteiger partial charge is 0.675 e. The van der Waals surface area contributed by atoms with E-state index in [1.807, 2.05) is 27.7 Å². The third-order valence-corrected chi connectivity index (χ3v) is 9.00. The van der Waals surface area contributed by atoms with Crippen molar-refractivity contribution in [1.29, 1.82) is 0 Å². The van der Waals surface area contributed by atoms with Crippen molar-refractivity contribution < 1.29 is 71.4 Å². The molecule has 0 bridgehead atoms. The Morgan fingerprint density at radius 2 is 1.10 bits per heavy atom. The summed E-state index contributed by atoms with van der Waals surface area (Å²) in [5.41, 5.74) is 6.77. The van der Waals surface area contributed by atoms with E-state index < -0.39 is 6.10 Å². The second-order valence-corrected chi connectivity index (χ2v) is 15.1. The fourth-order valence-electron chi connectivity index (χ4n) is 5.18. The van der Waals surface area contributed by atoms with Gasteiger partial charge >= 0.3 is 5.97 Å². The number of unbranched alkanes of at least 4 members (excludes halogenated alkanes) is 21. The maximum absolute atomic E-state index is 11.6. The molecule has 1 unspecified atom stereocenters. The maximum Gasteiger partial charge on any atom is 0.306 e. The van der Waals surface area contributed by atoms with Crippen molar-refractivity contribution in [2.75, 3.05) is 40.6 Å². The number of esters is 1. The SMILES string of the molecule is CCCCCCCCCCCCCC(=O)OC(COC)COO.CCCCCCCCCCCCCC=O.COC(C)(C)CCOC(C)(C)C[NH-].[Y]. The zero-order valence-corrected chi connectivity index (χ0v) is 38.4. The Kier molecular flexibility index (Phi) is 51.2. The van der Waals surface area contributed by atoms with Crippen LogP contribution in [0.25, 0.3) is 5.73 Å². The first kappa shape index (κ1) is 58.7. The Morgan fingerprint density at radius 3 is 1.46 bits per heavy atom. The topological polar surface area (TPSA) is 124 Å². The molecular weight excluding hydrogens is 735 g/mol. The minimum Gasteiger partial charge on any atom is -0.675 e. The third kappa shape index (κ3) is 50.0. The van der Waals surface area contributed by atoms with Crippen LogP contribution in [0.3, 0.4) is 0 Å². The molecule has 1 atom stereocenters. The van der Waals surface area contributed by atoms with Crippen molar-refractivity contribution in [2.45, 2.75) is 219 Å². The molecular formula is C42H86NO8Y-.